The highest BCUT2D eigenvalue weighted by atomic mass is 79.9. The van der Waals surface area contributed by atoms with Gasteiger partial charge in [-0.1, -0.05) is 12.1 Å². The van der Waals surface area contributed by atoms with Crippen molar-refractivity contribution >= 4 is 50.4 Å². The Morgan fingerprint density at radius 1 is 1.18 bits per heavy atom. The summed E-state index contributed by atoms with van der Waals surface area (Å²) in [5, 5.41) is 7.47. The Morgan fingerprint density at radius 2 is 1.89 bits per heavy atom. The Hall–Kier alpha value is -2.03. The summed E-state index contributed by atoms with van der Waals surface area (Å²) in [4.78, 5) is 31.8. The number of thiophene rings is 1. The number of carbonyl (C=O) groups is 2. The van der Waals surface area contributed by atoms with Crippen LogP contribution in [0.15, 0.2) is 45.6 Å². The molecule has 0 saturated heterocycles. The molecule has 3 aromatic rings. The summed E-state index contributed by atoms with van der Waals surface area (Å²) in [6.45, 7) is 4.33. The van der Waals surface area contributed by atoms with E-state index in [4.69, 9.17) is 0 Å². The van der Waals surface area contributed by atoms with Gasteiger partial charge in [0.1, 0.15) is 10.7 Å². The molecular formula is C20H20BrN3O2S2. The predicted molar refractivity (Wildman–Crippen MR) is 118 cm³/mol. The fourth-order valence-electron chi connectivity index (χ4n) is 2.39. The first-order chi connectivity index (χ1) is 13.3. The number of halogens is 1. The molecule has 0 unspecified atom stereocenters. The molecule has 2 heterocycles. The van der Waals surface area contributed by atoms with Gasteiger partial charge < -0.3 is 10.2 Å². The minimum Gasteiger partial charge on any atom is -0.347 e. The molecule has 3 rings (SSSR count). The number of hydrogen-bond acceptors (Lipinski definition) is 5. The molecule has 1 N–H and O–H groups in total. The topological polar surface area (TPSA) is 62.3 Å². The van der Waals surface area contributed by atoms with E-state index in [9.17, 15) is 9.59 Å². The summed E-state index contributed by atoms with van der Waals surface area (Å²) < 4.78 is 1.01. The second-order valence-corrected chi connectivity index (χ2v) is 9.24. The van der Waals surface area contributed by atoms with E-state index in [-0.39, 0.29) is 17.9 Å². The van der Waals surface area contributed by atoms with Crippen LogP contribution in [0.2, 0.25) is 0 Å². The maximum absolute atomic E-state index is 12.4. The SMILES string of the molecule is CC(C)N(C)C(=O)c1ccc(CNC(=O)c2csc(-c3cc(Br)cs3)n2)cc1. The van der Waals surface area contributed by atoms with Gasteiger partial charge in [0, 0.05) is 40.4 Å². The van der Waals surface area contributed by atoms with Crippen LogP contribution in [0.3, 0.4) is 0 Å². The molecule has 0 aliphatic rings. The van der Waals surface area contributed by atoms with Crippen molar-refractivity contribution in [1.82, 2.24) is 15.2 Å². The Bertz CT molecular complexity index is 980. The third kappa shape index (κ3) is 4.87. The Labute approximate surface area is 180 Å². The number of nitrogens with one attached hydrogen (secondary N) is 1. The lowest BCUT2D eigenvalue weighted by molar-refractivity contribution is 0.0754. The monoisotopic (exact) mass is 477 g/mol. The maximum atomic E-state index is 12.4. The van der Waals surface area contributed by atoms with E-state index in [0.717, 1.165) is 19.9 Å². The molecular weight excluding hydrogens is 458 g/mol. The van der Waals surface area contributed by atoms with Crippen LogP contribution in [-0.2, 0) is 6.54 Å². The molecule has 0 radical (unpaired) electrons. The highest BCUT2D eigenvalue weighted by molar-refractivity contribution is 9.10. The minimum atomic E-state index is -0.210. The van der Waals surface area contributed by atoms with Gasteiger partial charge in [-0.15, -0.1) is 22.7 Å². The molecule has 2 amide bonds. The second kappa shape index (κ2) is 8.98. The molecule has 0 saturated carbocycles. The van der Waals surface area contributed by atoms with Crippen LogP contribution in [0.25, 0.3) is 9.88 Å². The Kier molecular flexibility index (Phi) is 6.64. The largest absolute Gasteiger partial charge is 0.347 e. The van der Waals surface area contributed by atoms with Crippen molar-refractivity contribution in [2.45, 2.75) is 26.4 Å². The lowest BCUT2D eigenvalue weighted by atomic mass is 10.1. The summed E-state index contributed by atoms with van der Waals surface area (Å²) in [7, 11) is 1.79. The van der Waals surface area contributed by atoms with Crippen molar-refractivity contribution in [1.29, 1.82) is 0 Å². The summed E-state index contributed by atoms with van der Waals surface area (Å²) >= 11 is 6.46. The van der Waals surface area contributed by atoms with Crippen molar-refractivity contribution in [2.24, 2.45) is 0 Å². The van der Waals surface area contributed by atoms with E-state index < -0.39 is 0 Å². The molecule has 0 bridgehead atoms. The molecule has 0 aliphatic heterocycles. The molecule has 0 fully saturated rings. The molecule has 2 aromatic heterocycles. The summed E-state index contributed by atoms with van der Waals surface area (Å²) in [6, 6.07) is 9.43. The number of nitrogens with zero attached hydrogens (tertiary/aromatic N) is 2. The summed E-state index contributed by atoms with van der Waals surface area (Å²) in [5.41, 5.74) is 1.97. The van der Waals surface area contributed by atoms with Crippen LogP contribution < -0.4 is 5.32 Å². The molecule has 8 heteroatoms. The van der Waals surface area contributed by atoms with E-state index in [1.165, 1.54) is 11.3 Å². The number of aromatic nitrogens is 1. The number of rotatable bonds is 6. The number of carbonyl (C=O) groups excluding carboxylic acids is 2. The molecule has 146 valence electrons. The Balaban J connectivity index is 1.59. The van der Waals surface area contributed by atoms with E-state index in [1.54, 1.807) is 40.8 Å². The lowest BCUT2D eigenvalue weighted by Crippen LogP contribution is -2.32. The van der Waals surface area contributed by atoms with Crippen LogP contribution in [0, 0.1) is 0 Å². The van der Waals surface area contributed by atoms with Gasteiger partial charge in [0.2, 0.25) is 0 Å². The number of amides is 2. The van der Waals surface area contributed by atoms with Crippen LogP contribution >= 0.6 is 38.6 Å². The van der Waals surface area contributed by atoms with E-state index in [2.05, 4.69) is 26.2 Å². The molecule has 28 heavy (non-hydrogen) atoms. The zero-order valence-electron chi connectivity index (χ0n) is 15.7. The molecule has 5 nitrogen and oxygen atoms in total. The average molecular weight is 478 g/mol. The van der Waals surface area contributed by atoms with E-state index in [0.29, 0.717) is 17.8 Å². The first kappa shape index (κ1) is 20.7. The average Bonchev–Trinajstić information content (AvgIpc) is 3.34. The van der Waals surface area contributed by atoms with E-state index in [1.807, 2.05) is 37.4 Å². The zero-order chi connectivity index (χ0) is 20.3. The van der Waals surface area contributed by atoms with Gasteiger partial charge >= 0.3 is 0 Å². The van der Waals surface area contributed by atoms with Crippen molar-refractivity contribution in [3.63, 3.8) is 0 Å². The number of benzene rings is 1. The molecule has 1 aromatic carbocycles. The van der Waals surface area contributed by atoms with Gasteiger partial charge in [-0.25, -0.2) is 4.98 Å². The predicted octanol–water partition coefficient (Wildman–Crippen LogP) is 5.04. The van der Waals surface area contributed by atoms with Gasteiger partial charge in [0.25, 0.3) is 11.8 Å². The van der Waals surface area contributed by atoms with Crippen molar-refractivity contribution < 1.29 is 9.59 Å². The van der Waals surface area contributed by atoms with Gasteiger partial charge in [0.05, 0.1) is 4.88 Å². The van der Waals surface area contributed by atoms with Gasteiger partial charge in [-0.3, -0.25) is 9.59 Å². The van der Waals surface area contributed by atoms with Crippen LogP contribution in [0.4, 0.5) is 0 Å². The number of thiazole rings is 1. The molecule has 0 atom stereocenters. The van der Waals surface area contributed by atoms with Crippen LogP contribution in [0.5, 0.6) is 0 Å². The first-order valence-corrected chi connectivity index (χ1v) is 11.2. The second-order valence-electron chi connectivity index (χ2n) is 6.56. The Morgan fingerprint density at radius 3 is 2.50 bits per heavy atom. The van der Waals surface area contributed by atoms with Gasteiger partial charge in [-0.2, -0.15) is 0 Å². The minimum absolute atomic E-state index is 0.0131. The quantitative estimate of drug-likeness (QED) is 0.540. The van der Waals surface area contributed by atoms with Gasteiger partial charge in [0.15, 0.2) is 0 Å². The zero-order valence-corrected chi connectivity index (χ0v) is 19.0. The van der Waals surface area contributed by atoms with Crippen molar-refractivity contribution in [3.8, 4) is 9.88 Å². The molecule has 0 aliphatic carbocycles. The van der Waals surface area contributed by atoms with Crippen molar-refractivity contribution in [2.75, 3.05) is 7.05 Å². The third-order valence-electron chi connectivity index (χ3n) is 4.26. The lowest BCUT2D eigenvalue weighted by Gasteiger charge is -2.21. The van der Waals surface area contributed by atoms with Crippen LogP contribution in [0.1, 0.15) is 40.3 Å². The smallest absolute Gasteiger partial charge is 0.271 e. The third-order valence-corrected chi connectivity index (χ3v) is 6.97. The first-order valence-electron chi connectivity index (χ1n) is 8.69. The van der Waals surface area contributed by atoms with Crippen LogP contribution in [-0.4, -0.2) is 34.8 Å². The fourth-order valence-corrected chi connectivity index (χ4v) is 4.70. The normalized spacial score (nSPS) is 10.9. The highest BCUT2D eigenvalue weighted by Gasteiger charge is 2.15. The number of hydrogen-bond donors (Lipinski definition) is 1. The van der Waals surface area contributed by atoms with Gasteiger partial charge in [-0.05, 0) is 53.5 Å². The molecule has 0 spiro atoms. The standard InChI is InChI=1S/C20H20BrN3O2S2/c1-12(2)24(3)20(26)14-6-4-13(5-7-14)9-22-18(25)16-11-28-19(23-16)17-8-15(21)10-27-17/h4-8,10-12H,9H2,1-3H3,(H,22,25). The van der Waals surface area contributed by atoms with E-state index >= 15 is 0 Å². The highest BCUT2D eigenvalue weighted by Crippen LogP contribution is 2.31. The summed E-state index contributed by atoms with van der Waals surface area (Å²) in [5.74, 6) is -0.224. The summed E-state index contributed by atoms with van der Waals surface area (Å²) in [6.07, 6.45) is 0. The van der Waals surface area contributed by atoms with Crippen molar-refractivity contribution in [3.05, 3.63) is 62.4 Å². The fraction of sp³-hybridized carbons (Fsp3) is 0.250. The maximum Gasteiger partial charge on any atom is 0.271 e.